The average Bonchev–Trinajstić information content (AvgIpc) is 2.51. The molecule has 0 fully saturated rings. The highest BCUT2D eigenvalue weighted by atomic mass is 19.1. The molecule has 0 spiro atoms. The Bertz CT molecular complexity index is 840. The van der Waals surface area contributed by atoms with Crippen molar-refractivity contribution in [3.05, 3.63) is 52.8 Å². The van der Waals surface area contributed by atoms with Gasteiger partial charge < -0.3 is 9.84 Å². The van der Waals surface area contributed by atoms with Crippen LogP contribution in [0.25, 0.3) is 11.1 Å². The van der Waals surface area contributed by atoms with Crippen molar-refractivity contribution in [2.75, 3.05) is 7.11 Å². The van der Waals surface area contributed by atoms with E-state index in [0.29, 0.717) is 5.56 Å². The molecule has 0 amide bonds. The van der Waals surface area contributed by atoms with E-state index in [2.05, 4.69) is 41.5 Å². The Morgan fingerprint density at radius 3 is 1.96 bits per heavy atom. The summed E-state index contributed by atoms with van der Waals surface area (Å²) in [6, 6.07) is 7.46. The predicted octanol–water partition coefficient (Wildman–Crippen LogP) is 5.79. The molecule has 1 N–H and O–H groups in total. The van der Waals surface area contributed by atoms with Crippen LogP contribution >= 0.6 is 0 Å². The lowest BCUT2D eigenvalue weighted by molar-refractivity contribution is 0.0697. The number of halogens is 1. The van der Waals surface area contributed by atoms with E-state index in [9.17, 15) is 14.3 Å². The van der Waals surface area contributed by atoms with Gasteiger partial charge in [-0.3, -0.25) is 0 Å². The van der Waals surface area contributed by atoms with Crippen molar-refractivity contribution < 1.29 is 19.0 Å². The first-order chi connectivity index (χ1) is 11.9. The summed E-state index contributed by atoms with van der Waals surface area (Å²) in [6.45, 7) is 12.5. The van der Waals surface area contributed by atoms with E-state index in [1.54, 1.807) is 7.11 Å². The zero-order valence-corrected chi connectivity index (χ0v) is 16.5. The van der Waals surface area contributed by atoms with Crippen LogP contribution < -0.4 is 4.74 Å². The fraction of sp³-hybridized carbons (Fsp3) is 0.409. The van der Waals surface area contributed by atoms with Gasteiger partial charge in [0.15, 0.2) is 0 Å². The van der Waals surface area contributed by atoms with Crippen molar-refractivity contribution in [2.45, 2.75) is 52.4 Å². The van der Waals surface area contributed by atoms with E-state index in [1.165, 1.54) is 18.2 Å². The smallest absolute Gasteiger partial charge is 0.336 e. The minimum atomic E-state index is -1.08. The number of aromatic carboxylic acids is 1. The molecule has 0 aliphatic rings. The molecule has 0 atom stereocenters. The maximum Gasteiger partial charge on any atom is 0.336 e. The topological polar surface area (TPSA) is 46.5 Å². The summed E-state index contributed by atoms with van der Waals surface area (Å²) < 4.78 is 19.6. The van der Waals surface area contributed by atoms with Crippen LogP contribution in [-0.4, -0.2) is 18.2 Å². The molecule has 2 aromatic carbocycles. The lowest BCUT2D eigenvalue weighted by Gasteiger charge is -2.34. The molecule has 0 aliphatic carbocycles. The summed E-state index contributed by atoms with van der Waals surface area (Å²) >= 11 is 0. The van der Waals surface area contributed by atoms with Crippen LogP contribution in [0.15, 0.2) is 30.3 Å². The van der Waals surface area contributed by atoms with Crippen LogP contribution in [-0.2, 0) is 10.8 Å². The number of benzene rings is 2. The Balaban J connectivity index is 3.01. The largest absolute Gasteiger partial charge is 0.496 e. The van der Waals surface area contributed by atoms with Gasteiger partial charge >= 0.3 is 5.97 Å². The molecule has 2 rings (SSSR count). The van der Waals surface area contributed by atoms with Crippen LogP contribution in [0.1, 0.15) is 63.0 Å². The molecule has 2 aromatic rings. The summed E-state index contributed by atoms with van der Waals surface area (Å²) in [4.78, 5) is 11.7. The molecule has 0 aliphatic heterocycles. The van der Waals surface area contributed by atoms with E-state index >= 15 is 0 Å². The molecule has 0 heterocycles. The number of methoxy groups -OCH3 is 1. The van der Waals surface area contributed by atoms with Gasteiger partial charge in [0.25, 0.3) is 0 Å². The van der Waals surface area contributed by atoms with Gasteiger partial charge in [0.2, 0.25) is 0 Å². The van der Waals surface area contributed by atoms with Crippen molar-refractivity contribution in [2.24, 2.45) is 0 Å². The lowest BCUT2D eigenvalue weighted by atomic mass is 9.71. The Labute approximate surface area is 154 Å². The normalized spacial score (nSPS) is 12.2. The molecule has 0 aromatic heterocycles. The van der Waals surface area contributed by atoms with Gasteiger partial charge in [-0.05, 0) is 51.8 Å². The van der Waals surface area contributed by atoms with E-state index in [-0.39, 0.29) is 16.4 Å². The van der Waals surface area contributed by atoms with Crippen LogP contribution in [0.4, 0.5) is 4.39 Å². The number of carboxylic acid groups (broad SMARTS) is 1. The Morgan fingerprint density at radius 2 is 1.50 bits per heavy atom. The summed E-state index contributed by atoms with van der Waals surface area (Å²) in [6.07, 6.45) is 0. The van der Waals surface area contributed by atoms with Crippen molar-refractivity contribution >= 4 is 5.97 Å². The third-order valence-electron chi connectivity index (χ3n) is 4.39. The first-order valence-corrected chi connectivity index (χ1v) is 8.63. The fourth-order valence-corrected chi connectivity index (χ4v) is 3.43. The van der Waals surface area contributed by atoms with Crippen LogP contribution in [0.3, 0.4) is 0 Å². The van der Waals surface area contributed by atoms with Crippen LogP contribution in [0, 0.1) is 5.82 Å². The highest BCUT2D eigenvalue weighted by Crippen LogP contribution is 2.45. The zero-order valence-electron chi connectivity index (χ0n) is 16.5. The molecule has 26 heavy (non-hydrogen) atoms. The first kappa shape index (κ1) is 20.0. The number of hydrogen-bond acceptors (Lipinski definition) is 2. The highest BCUT2D eigenvalue weighted by molar-refractivity contribution is 5.97. The Hall–Kier alpha value is -2.36. The third-order valence-corrected chi connectivity index (χ3v) is 4.39. The van der Waals surface area contributed by atoms with Gasteiger partial charge in [0, 0.05) is 5.56 Å². The monoisotopic (exact) mass is 358 g/mol. The van der Waals surface area contributed by atoms with Gasteiger partial charge in [0.1, 0.15) is 11.6 Å². The average molecular weight is 358 g/mol. The summed E-state index contributed by atoms with van der Waals surface area (Å²) in [5, 5.41) is 9.59. The molecular weight excluding hydrogens is 331 g/mol. The molecule has 0 radical (unpaired) electrons. The van der Waals surface area contributed by atoms with E-state index in [1.807, 2.05) is 12.1 Å². The SMILES string of the molecule is COc1ccc(-c2cc(F)ccc2C(=O)O)c(C(C)(C)C)c1C(C)(C)C. The minimum absolute atomic E-state index is 0.0851. The molecule has 0 saturated carbocycles. The number of carboxylic acids is 1. The Kier molecular flexibility index (Phi) is 5.18. The van der Waals surface area contributed by atoms with Crippen molar-refractivity contribution in [3.8, 4) is 16.9 Å². The zero-order chi connectivity index (χ0) is 19.9. The van der Waals surface area contributed by atoms with Gasteiger partial charge in [-0.15, -0.1) is 0 Å². The highest BCUT2D eigenvalue weighted by Gasteiger charge is 2.32. The second-order valence-electron chi connectivity index (χ2n) is 8.56. The lowest BCUT2D eigenvalue weighted by Crippen LogP contribution is -2.24. The van der Waals surface area contributed by atoms with Gasteiger partial charge in [-0.25, -0.2) is 9.18 Å². The van der Waals surface area contributed by atoms with Crippen molar-refractivity contribution in [1.29, 1.82) is 0 Å². The molecule has 140 valence electrons. The minimum Gasteiger partial charge on any atom is -0.496 e. The fourth-order valence-electron chi connectivity index (χ4n) is 3.43. The molecule has 3 nitrogen and oxygen atoms in total. The Morgan fingerprint density at radius 1 is 0.923 bits per heavy atom. The maximum atomic E-state index is 14.0. The number of rotatable bonds is 3. The first-order valence-electron chi connectivity index (χ1n) is 8.63. The maximum absolute atomic E-state index is 14.0. The standard InChI is InChI=1S/C22H27FO3/c1-21(2,3)18-14(10-11-17(26-7)19(18)22(4,5)6)16-12-13(23)8-9-15(16)20(24)25/h8-12H,1-7H3,(H,24,25). The van der Waals surface area contributed by atoms with E-state index in [0.717, 1.165) is 22.4 Å². The quantitative estimate of drug-likeness (QED) is 0.755. The van der Waals surface area contributed by atoms with Crippen LogP contribution in [0.2, 0.25) is 0 Å². The van der Waals surface area contributed by atoms with Gasteiger partial charge in [0.05, 0.1) is 12.7 Å². The van der Waals surface area contributed by atoms with E-state index < -0.39 is 11.8 Å². The van der Waals surface area contributed by atoms with Gasteiger partial charge in [-0.2, -0.15) is 0 Å². The summed E-state index contributed by atoms with van der Waals surface area (Å²) in [7, 11) is 1.63. The van der Waals surface area contributed by atoms with Crippen molar-refractivity contribution in [3.63, 3.8) is 0 Å². The summed E-state index contributed by atoms with van der Waals surface area (Å²) in [5.74, 6) is -0.787. The molecule has 0 bridgehead atoms. The molecular formula is C22H27FO3. The predicted molar refractivity (Wildman–Crippen MR) is 103 cm³/mol. The number of hydrogen-bond donors (Lipinski definition) is 1. The van der Waals surface area contributed by atoms with Gasteiger partial charge in [-0.1, -0.05) is 47.6 Å². The summed E-state index contributed by atoms with van der Waals surface area (Å²) in [5.41, 5.74) is 2.63. The molecule has 0 saturated heterocycles. The molecule has 4 heteroatoms. The molecule has 0 unspecified atom stereocenters. The second kappa shape index (κ2) is 6.75. The second-order valence-corrected chi connectivity index (χ2v) is 8.56. The van der Waals surface area contributed by atoms with E-state index in [4.69, 9.17) is 4.74 Å². The number of ether oxygens (including phenoxy) is 1. The third kappa shape index (κ3) is 3.74. The number of carbonyl (C=O) groups is 1. The van der Waals surface area contributed by atoms with Crippen LogP contribution in [0.5, 0.6) is 5.75 Å². The van der Waals surface area contributed by atoms with Crippen molar-refractivity contribution in [1.82, 2.24) is 0 Å².